The second-order valence-corrected chi connectivity index (χ2v) is 1.92. The molecule has 0 saturated heterocycles. The molecule has 1 heterocycles. The van der Waals surface area contributed by atoms with Crippen LogP contribution in [0.2, 0.25) is 0 Å². The SMILES string of the molecule is CCC1=C[N]C(=O)N=C1N. The maximum absolute atomic E-state index is 10.5. The van der Waals surface area contributed by atoms with Gasteiger partial charge in [-0.2, -0.15) is 10.3 Å². The van der Waals surface area contributed by atoms with Gasteiger partial charge in [-0.1, -0.05) is 6.92 Å². The van der Waals surface area contributed by atoms with Gasteiger partial charge in [0.2, 0.25) is 0 Å². The van der Waals surface area contributed by atoms with Gasteiger partial charge in [-0.25, -0.2) is 4.79 Å². The molecule has 1 aliphatic heterocycles. The summed E-state index contributed by atoms with van der Waals surface area (Å²) in [7, 11) is 0. The van der Waals surface area contributed by atoms with Crippen molar-refractivity contribution in [3.63, 3.8) is 0 Å². The zero-order valence-corrected chi connectivity index (χ0v) is 5.66. The molecule has 1 radical (unpaired) electrons. The third-order valence-corrected chi connectivity index (χ3v) is 1.26. The molecule has 2 amide bonds. The molecule has 0 aromatic carbocycles. The second-order valence-electron chi connectivity index (χ2n) is 1.92. The van der Waals surface area contributed by atoms with Crippen LogP contribution >= 0.6 is 0 Å². The highest BCUT2D eigenvalue weighted by atomic mass is 16.2. The summed E-state index contributed by atoms with van der Waals surface area (Å²) in [6, 6.07) is -0.519. The lowest BCUT2D eigenvalue weighted by atomic mass is 10.2. The largest absolute Gasteiger partial charge is 0.383 e. The van der Waals surface area contributed by atoms with Crippen molar-refractivity contribution in [2.45, 2.75) is 13.3 Å². The fraction of sp³-hybridized carbons (Fsp3) is 0.333. The van der Waals surface area contributed by atoms with E-state index in [9.17, 15) is 4.79 Å². The molecule has 4 nitrogen and oxygen atoms in total. The highest BCUT2D eigenvalue weighted by Crippen LogP contribution is 2.03. The highest BCUT2D eigenvalue weighted by Gasteiger charge is 2.10. The smallest absolute Gasteiger partial charge is 0.368 e. The van der Waals surface area contributed by atoms with Crippen LogP contribution in [0.3, 0.4) is 0 Å². The predicted molar refractivity (Wildman–Crippen MR) is 37.5 cm³/mol. The van der Waals surface area contributed by atoms with Gasteiger partial charge in [-0.05, 0) is 6.42 Å². The van der Waals surface area contributed by atoms with E-state index in [1.807, 2.05) is 6.92 Å². The Balaban J connectivity index is 2.81. The van der Waals surface area contributed by atoms with Crippen LogP contribution in [0.25, 0.3) is 0 Å². The van der Waals surface area contributed by atoms with Crippen LogP contribution in [0.15, 0.2) is 16.8 Å². The third-order valence-electron chi connectivity index (χ3n) is 1.26. The number of hydrogen-bond acceptors (Lipinski definition) is 2. The van der Waals surface area contributed by atoms with Crippen molar-refractivity contribution < 1.29 is 4.79 Å². The molecule has 53 valence electrons. The number of hydrogen-bond donors (Lipinski definition) is 1. The first-order valence-corrected chi connectivity index (χ1v) is 3.02. The van der Waals surface area contributed by atoms with Gasteiger partial charge in [0, 0.05) is 11.8 Å². The van der Waals surface area contributed by atoms with Crippen molar-refractivity contribution in [1.29, 1.82) is 0 Å². The molecule has 0 aliphatic carbocycles. The lowest BCUT2D eigenvalue weighted by Gasteiger charge is -2.06. The zero-order valence-electron chi connectivity index (χ0n) is 5.66. The number of rotatable bonds is 1. The lowest BCUT2D eigenvalue weighted by Crippen LogP contribution is -2.24. The van der Waals surface area contributed by atoms with Crippen molar-refractivity contribution in [3.05, 3.63) is 11.8 Å². The Morgan fingerprint density at radius 1 is 1.70 bits per heavy atom. The summed E-state index contributed by atoms with van der Waals surface area (Å²) >= 11 is 0. The molecule has 1 aliphatic rings. The van der Waals surface area contributed by atoms with Crippen LogP contribution < -0.4 is 11.1 Å². The van der Waals surface area contributed by atoms with E-state index in [2.05, 4.69) is 10.3 Å². The molecule has 0 fully saturated rings. The number of aliphatic imine (C=N–C) groups is 1. The molecule has 4 heteroatoms. The van der Waals surface area contributed by atoms with Gasteiger partial charge in [0.15, 0.2) is 0 Å². The summed E-state index contributed by atoms with van der Waals surface area (Å²) in [6.07, 6.45) is 2.22. The van der Waals surface area contributed by atoms with E-state index in [1.165, 1.54) is 6.20 Å². The summed E-state index contributed by atoms with van der Waals surface area (Å²) < 4.78 is 0. The average Bonchev–Trinajstić information content (AvgIpc) is 1.88. The zero-order chi connectivity index (χ0) is 7.56. The molecule has 0 atom stereocenters. The summed E-state index contributed by atoms with van der Waals surface area (Å²) in [4.78, 5) is 13.9. The van der Waals surface area contributed by atoms with Crippen LogP contribution in [0.4, 0.5) is 4.79 Å². The molecule has 0 aromatic rings. The Morgan fingerprint density at radius 3 is 2.90 bits per heavy atom. The Morgan fingerprint density at radius 2 is 2.40 bits per heavy atom. The number of carbonyl (C=O) groups is 1. The first-order valence-electron chi connectivity index (χ1n) is 3.02. The Labute approximate surface area is 58.8 Å². The Hall–Kier alpha value is -1.32. The number of nitrogens with zero attached hydrogens (tertiary/aromatic N) is 2. The van der Waals surface area contributed by atoms with Crippen molar-refractivity contribution in [2.75, 3.05) is 0 Å². The first-order chi connectivity index (χ1) is 4.74. The van der Waals surface area contributed by atoms with E-state index < -0.39 is 6.03 Å². The van der Waals surface area contributed by atoms with Gasteiger partial charge >= 0.3 is 6.03 Å². The highest BCUT2D eigenvalue weighted by molar-refractivity contribution is 6.05. The van der Waals surface area contributed by atoms with Crippen LogP contribution in [0.5, 0.6) is 0 Å². The van der Waals surface area contributed by atoms with Crippen LogP contribution in [0, 0.1) is 0 Å². The van der Waals surface area contributed by atoms with Crippen molar-refractivity contribution in [2.24, 2.45) is 10.7 Å². The van der Waals surface area contributed by atoms with E-state index >= 15 is 0 Å². The molecular weight excluding hydrogens is 130 g/mol. The third kappa shape index (κ3) is 1.15. The molecule has 1 rings (SSSR count). The van der Waals surface area contributed by atoms with Crippen LogP contribution in [-0.4, -0.2) is 11.9 Å². The van der Waals surface area contributed by atoms with Gasteiger partial charge in [0.1, 0.15) is 5.84 Å². The van der Waals surface area contributed by atoms with Gasteiger partial charge in [-0.3, -0.25) is 0 Å². The minimum Gasteiger partial charge on any atom is -0.383 e. The van der Waals surface area contributed by atoms with Crippen molar-refractivity contribution in [1.82, 2.24) is 5.32 Å². The monoisotopic (exact) mass is 138 g/mol. The van der Waals surface area contributed by atoms with Crippen LogP contribution in [0.1, 0.15) is 13.3 Å². The number of urea groups is 1. The summed E-state index contributed by atoms with van der Waals surface area (Å²) in [6.45, 7) is 1.93. The molecule has 0 saturated carbocycles. The average molecular weight is 138 g/mol. The first kappa shape index (κ1) is 6.80. The van der Waals surface area contributed by atoms with E-state index in [0.29, 0.717) is 5.84 Å². The quantitative estimate of drug-likeness (QED) is 0.568. The summed E-state index contributed by atoms with van der Waals surface area (Å²) in [5.74, 6) is 0.294. The molecule has 2 N–H and O–H groups in total. The molecule has 0 bridgehead atoms. The normalized spacial score (nSPS) is 17.5. The fourth-order valence-electron chi connectivity index (χ4n) is 0.675. The van der Waals surface area contributed by atoms with Gasteiger partial charge < -0.3 is 5.73 Å². The summed E-state index contributed by atoms with van der Waals surface area (Å²) in [5.41, 5.74) is 6.20. The van der Waals surface area contributed by atoms with Gasteiger partial charge in [0.05, 0.1) is 0 Å². The van der Waals surface area contributed by atoms with Crippen molar-refractivity contribution in [3.8, 4) is 0 Å². The van der Waals surface area contributed by atoms with E-state index in [4.69, 9.17) is 5.73 Å². The topological polar surface area (TPSA) is 69.5 Å². The van der Waals surface area contributed by atoms with E-state index in [-0.39, 0.29) is 0 Å². The van der Waals surface area contributed by atoms with Gasteiger partial charge in [-0.15, -0.1) is 0 Å². The lowest BCUT2D eigenvalue weighted by molar-refractivity contribution is 0.251. The number of amides is 2. The summed E-state index contributed by atoms with van der Waals surface area (Å²) in [5, 5.41) is 3.46. The maximum atomic E-state index is 10.5. The maximum Gasteiger partial charge on any atom is 0.368 e. The van der Waals surface area contributed by atoms with E-state index in [0.717, 1.165) is 12.0 Å². The number of amidine groups is 1. The second kappa shape index (κ2) is 2.51. The molecule has 0 aromatic heterocycles. The van der Waals surface area contributed by atoms with Crippen LogP contribution in [-0.2, 0) is 0 Å². The fourth-order valence-corrected chi connectivity index (χ4v) is 0.675. The Kier molecular flexibility index (Phi) is 1.71. The molecule has 0 spiro atoms. The molecule has 10 heavy (non-hydrogen) atoms. The standard InChI is InChI=1S/C6H8N3O/c1-2-4-3-8-6(10)9-5(4)7/h3H,2H2,1H3,(H2,7,9,10). The minimum absolute atomic E-state index is 0.294. The van der Waals surface area contributed by atoms with Gasteiger partial charge in [0.25, 0.3) is 0 Å². The number of nitrogens with two attached hydrogens (primary N) is 1. The minimum atomic E-state index is -0.519. The molecule has 0 unspecified atom stereocenters. The van der Waals surface area contributed by atoms with E-state index in [1.54, 1.807) is 0 Å². The predicted octanol–water partition coefficient (Wildman–Crippen LogP) is 0.376. The molecular formula is C6H8N3O. The Bertz CT molecular complexity index is 217. The van der Waals surface area contributed by atoms with Crippen molar-refractivity contribution >= 4 is 11.9 Å². The number of carbonyl (C=O) groups excluding carboxylic acids is 1.